The maximum Gasteiger partial charge on any atom is 0.441 e. The second-order valence-corrected chi connectivity index (χ2v) is 3.72. The molecule has 0 rings (SSSR count). The summed E-state index contributed by atoms with van der Waals surface area (Å²) in [4.78, 5) is 0. The fourth-order valence-electron chi connectivity index (χ4n) is 0.593. The van der Waals surface area contributed by atoms with Gasteiger partial charge in [0.25, 0.3) is 0 Å². The molecule has 0 aromatic rings. The Balaban J connectivity index is 3.48. The van der Waals surface area contributed by atoms with Crippen molar-refractivity contribution in [2.24, 2.45) is 0 Å². The van der Waals surface area contributed by atoms with Crippen LogP contribution in [0.1, 0.15) is 0 Å². The molecular weight excluding hydrogens is 248 g/mol. The van der Waals surface area contributed by atoms with Crippen LogP contribution < -0.4 is 5.32 Å². The topological polar surface area (TPSA) is 32.3 Å². The van der Waals surface area contributed by atoms with Gasteiger partial charge in [0, 0.05) is 18.8 Å². The van der Waals surface area contributed by atoms with Crippen LogP contribution in [0.15, 0.2) is 0 Å². The minimum absolute atomic E-state index is 0.253. The lowest BCUT2D eigenvalue weighted by atomic mass is 10.3. The number of aliphatic hydroxyl groups excluding tert-OH is 1. The van der Waals surface area contributed by atoms with Gasteiger partial charge in [-0.05, 0) is 11.8 Å². The Labute approximate surface area is 86.0 Å². The first-order chi connectivity index (χ1) is 6.63. The lowest BCUT2D eigenvalue weighted by molar-refractivity contribution is -0.201. The zero-order valence-electron chi connectivity index (χ0n) is 7.32. The summed E-state index contributed by atoms with van der Waals surface area (Å²) in [5.74, 6) is -0.395. The Bertz CT molecular complexity index is 181. The smallest absolute Gasteiger partial charge is 0.382 e. The van der Waals surface area contributed by atoms with Gasteiger partial charge in [-0.1, -0.05) is 0 Å². The first kappa shape index (κ1) is 14.8. The van der Waals surface area contributed by atoms with Crippen molar-refractivity contribution in [3.63, 3.8) is 0 Å². The van der Waals surface area contributed by atoms with E-state index >= 15 is 0 Å². The molecule has 0 saturated carbocycles. The van der Waals surface area contributed by atoms with E-state index in [0.29, 0.717) is 0 Å². The molecule has 92 valence electrons. The average molecular weight is 257 g/mol. The molecule has 0 fully saturated rings. The van der Waals surface area contributed by atoms with Crippen LogP contribution in [0.3, 0.4) is 0 Å². The lowest BCUT2D eigenvalue weighted by Gasteiger charge is -2.14. The first-order valence-corrected chi connectivity index (χ1v) is 4.77. The molecule has 0 radical (unpaired) electrons. The van der Waals surface area contributed by atoms with Gasteiger partial charge in [-0.25, -0.2) is 0 Å². The fraction of sp³-hybridized carbons (Fsp3) is 1.00. The molecule has 1 unspecified atom stereocenters. The number of halogens is 6. The molecule has 0 aliphatic heterocycles. The van der Waals surface area contributed by atoms with Gasteiger partial charge >= 0.3 is 11.7 Å². The van der Waals surface area contributed by atoms with Crippen LogP contribution in [-0.4, -0.2) is 41.7 Å². The third-order valence-corrected chi connectivity index (χ3v) is 2.00. The van der Waals surface area contributed by atoms with Crippen molar-refractivity contribution in [3.05, 3.63) is 0 Å². The maximum absolute atomic E-state index is 11.7. The van der Waals surface area contributed by atoms with Crippen molar-refractivity contribution in [3.8, 4) is 0 Å². The predicted octanol–water partition coefficient (Wildman–Crippen LogP) is 1.75. The summed E-state index contributed by atoms with van der Waals surface area (Å²) >= 11 is -0.333. The van der Waals surface area contributed by atoms with Crippen molar-refractivity contribution in [1.29, 1.82) is 0 Å². The second kappa shape index (κ2) is 5.80. The number of aliphatic hydroxyl groups is 1. The van der Waals surface area contributed by atoms with E-state index in [4.69, 9.17) is 5.11 Å². The van der Waals surface area contributed by atoms with E-state index in [9.17, 15) is 26.3 Å². The minimum Gasteiger partial charge on any atom is -0.382 e. The summed E-state index contributed by atoms with van der Waals surface area (Å²) < 4.78 is 69.6. The Morgan fingerprint density at radius 1 is 1.13 bits per heavy atom. The Morgan fingerprint density at radius 3 is 2.07 bits per heavy atom. The molecule has 9 heteroatoms. The van der Waals surface area contributed by atoms with Crippen LogP contribution in [0.2, 0.25) is 0 Å². The highest BCUT2D eigenvalue weighted by Crippen LogP contribution is 2.29. The monoisotopic (exact) mass is 257 g/mol. The quantitative estimate of drug-likeness (QED) is 0.581. The second-order valence-electron chi connectivity index (χ2n) is 2.56. The highest BCUT2D eigenvalue weighted by atomic mass is 32.2. The zero-order chi connectivity index (χ0) is 12.1. The third kappa shape index (κ3) is 8.82. The maximum atomic E-state index is 11.7. The van der Waals surface area contributed by atoms with Crippen molar-refractivity contribution in [1.82, 2.24) is 5.32 Å². The minimum atomic E-state index is -4.75. The van der Waals surface area contributed by atoms with Crippen LogP contribution in [0.4, 0.5) is 26.3 Å². The van der Waals surface area contributed by atoms with Crippen LogP contribution in [0, 0.1) is 0 Å². The molecule has 0 bridgehead atoms. The van der Waals surface area contributed by atoms with Gasteiger partial charge < -0.3 is 10.4 Å². The van der Waals surface area contributed by atoms with Crippen molar-refractivity contribution >= 4 is 11.8 Å². The van der Waals surface area contributed by atoms with Gasteiger partial charge in [0.05, 0.1) is 0 Å². The first-order valence-electron chi connectivity index (χ1n) is 3.79. The summed E-state index contributed by atoms with van der Waals surface area (Å²) in [6.07, 6.45) is -7.29. The van der Waals surface area contributed by atoms with E-state index in [2.05, 4.69) is 5.32 Å². The standard InChI is InChI=1S/C6H9F6NOS/c7-5(8,9)4(14)3-13-1-2-15-6(10,11)12/h4,13-14H,1-3H2. The number of hydrogen-bond acceptors (Lipinski definition) is 3. The predicted molar refractivity (Wildman–Crippen MR) is 43.4 cm³/mol. The summed E-state index contributed by atoms with van der Waals surface area (Å²) in [6.45, 7) is -1.06. The van der Waals surface area contributed by atoms with Crippen molar-refractivity contribution in [2.75, 3.05) is 18.8 Å². The SMILES string of the molecule is OC(CNCCSC(F)(F)F)C(F)(F)F. The summed E-state index contributed by atoms with van der Waals surface area (Å²) in [5, 5.41) is 10.5. The Morgan fingerprint density at radius 2 is 1.67 bits per heavy atom. The molecule has 0 saturated heterocycles. The zero-order valence-corrected chi connectivity index (χ0v) is 8.14. The van der Waals surface area contributed by atoms with E-state index in [1.165, 1.54) is 0 Å². The summed E-state index contributed by atoms with van der Waals surface area (Å²) in [6, 6.07) is 0. The molecule has 0 heterocycles. The largest absolute Gasteiger partial charge is 0.441 e. The van der Waals surface area contributed by atoms with Crippen molar-refractivity contribution in [2.45, 2.75) is 17.8 Å². The molecule has 2 nitrogen and oxygen atoms in total. The number of thioether (sulfide) groups is 1. The molecule has 0 amide bonds. The lowest BCUT2D eigenvalue weighted by Crippen LogP contribution is -2.39. The van der Waals surface area contributed by atoms with Gasteiger partial charge in [-0.2, -0.15) is 26.3 Å². The summed E-state index contributed by atoms with van der Waals surface area (Å²) in [7, 11) is 0. The molecule has 2 N–H and O–H groups in total. The molecule has 0 aromatic carbocycles. The summed E-state index contributed by atoms with van der Waals surface area (Å²) in [5.41, 5.74) is -4.38. The number of nitrogens with one attached hydrogen (secondary N) is 1. The molecule has 0 aromatic heterocycles. The van der Waals surface area contributed by atoms with E-state index in [-0.39, 0.29) is 18.3 Å². The Kier molecular flexibility index (Phi) is 5.75. The van der Waals surface area contributed by atoms with Gasteiger partial charge in [-0.3, -0.25) is 0 Å². The third-order valence-electron chi connectivity index (χ3n) is 1.26. The van der Waals surface area contributed by atoms with Crippen LogP contribution >= 0.6 is 11.8 Å². The van der Waals surface area contributed by atoms with Crippen LogP contribution in [0.25, 0.3) is 0 Å². The van der Waals surface area contributed by atoms with Crippen LogP contribution in [-0.2, 0) is 0 Å². The van der Waals surface area contributed by atoms with E-state index in [1.807, 2.05) is 0 Å². The molecule has 0 spiro atoms. The fourth-order valence-corrected chi connectivity index (χ4v) is 1.07. The Hall–Kier alpha value is -0.150. The van der Waals surface area contributed by atoms with E-state index in [1.54, 1.807) is 0 Å². The number of hydrogen-bond donors (Lipinski definition) is 2. The van der Waals surface area contributed by atoms with Crippen LogP contribution in [0.5, 0.6) is 0 Å². The van der Waals surface area contributed by atoms with Crippen molar-refractivity contribution < 1.29 is 31.4 Å². The highest BCUT2D eigenvalue weighted by molar-refractivity contribution is 8.00. The molecule has 0 aliphatic carbocycles. The van der Waals surface area contributed by atoms with Gasteiger partial charge in [-0.15, -0.1) is 0 Å². The highest BCUT2D eigenvalue weighted by Gasteiger charge is 2.37. The molecule has 1 atom stereocenters. The molecular formula is C6H9F6NOS. The number of rotatable bonds is 5. The van der Waals surface area contributed by atoms with Gasteiger partial charge in [0.1, 0.15) is 0 Å². The average Bonchev–Trinajstić information content (AvgIpc) is 1.99. The molecule has 15 heavy (non-hydrogen) atoms. The van der Waals surface area contributed by atoms with E-state index in [0.717, 1.165) is 0 Å². The van der Waals surface area contributed by atoms with Gasteiger partial charge in [0.15, 0.2) is 6.10 Å². The molecule has 0 aliphatic rings. The van der Waals surface area contributed by atoms with Gasteiger partial charge in [0.2, 0.25) is 0 Å². The number of alkyl halides is 6. The normalized spacial score (nSPS) is 15.4. The van der Waals surface area contributed by atoms with E-state index < -0.39 is 30.1 Å².